The lowest BCUT2D eigenvalue weighted by molar-refractivity contribution is 0.244. The Morgan fingerprint density at radius 3 is 1.00 bits per heavy atom. The van der Waals surface area contributed by atoms with Gasteiger partial charge >= 0.3 is 0 Å². The largest absolute Gasteiger partial charge is 0.250 e. The Balaban J connectivity index is 3.09. The zero-order chi connectivity index (χ0) is 18.9. The van der Waals surface area contributed by atoms with E-state index in [1.165, 1.54) is 48.6 Å². The van der Waals surface area contributed by atoms with E-state index in [1.807, 2.05) is 0 Å². The number of nitrogens with zero attached hydrogens (tertiary/aromatic N) is 4. The zero-order valence-corrected chi connectivity index (χ0v) is 13.2. The van der Waals surface area contributed by atoms with Crippen LogP contribution in [0.25, 0.3) is 0 Å². The number of carbonyl (C=O) groups excluding carboxylic acids is 4. The number of hydrogen-bond donors (Lipinski definition) is 0. The third-order valence-electron chi connectivity index (χ3n) is 3.67. The first-order valence-electron chi connectivity index (χ1n) is 7.18. The van der Waals surface area contributed by atoms with Crippen molar-refractivity contribution in [1.82, 2.24) is 0 Å². The summed E-state index contributed by atoms with van der Waals surface area (Å²) in [6.07, 6.45) is 5.23. The molecule has 26 heavy (non-hydrogen) atoms. The molecule has 126 valence electrons. The first-order chi connectivity index (χ1) is 12.7. The van der Waals surface area contributed by atoms with Gasteiger partial charge in [0.1, 0.15) is 0 Å². The van der Waals surface area contributed by atoms with Crippen LogP contribution >= 0.6 is 0 Å². The molecule has 0 heterocycles. The molecule has 0 aromatic heterocycles. The summed E-state index contributed by atoms with van der Waals surface area (Å²) in [7, 11) is 0. The molecule has 0 aliphatic carbocycles. The second kappa shape index (κ2) is 8.18. The molecular weight excluding hydrogens is 336 g/mol. The summed E-state index contributed by atoms with van der Waals surface area (Å²) in [4.78, 5) is 59.3. The van der Waals surface area contributed by atoms with Crippen molar-refractivity contribution in [2.24, 2.45) is 20.0 Å². The second-order valence-electron chi connectivity index (χ2n) is 4.89. The number of aliphatic imine (C=N–C) groups is 4. The van der Waals surface area contributed by atoms with Crippen molar-refractivity contribution in [2.75, 3.05) is 0 Å². The van der Waals surface area contributed by atoms with Crippen LogP contribution in [-0.4, -0.2) is 24.3 Å². The van der Waals surface area contributed by atoms with Crippen molar-refractivity contribution >= 4 is 24.3 Å². The van der Waals surface area contributed by atoms with Crippen LogP contribution in [0, 0.1) is 0 Å². The van der Waals surface area contributed by atoms with Crippen LogP contribution in [0.15, 0.2) is 80.6 Å². The van der Waals surface area contributed by atoms with Crippen molar-refractivity contribution in [3.63, 3.8) is 0 Å². The average molecular weight is 346 g/mol. The van der Waals surface area contributed by atoms with E-state index in [-0.39, 0.29) is 11.1 Å². The monoisotopic (exact) mass is 346 g/mol. The van der Waals surface area contributed by atoms with Crippen molar-refractivity contribution in [3.8, 4) is 0 Å². The Labute approximate surface area is 147 Å². The molecule has 0 amide bonds. The standard InChI is InChI=1S/C18H10N4O4/c23-11-19-17(20-12-24,15-7-3-1-4-8-15)18(21-13-25,22-14-26)16-9-5-2-6-10-16/h1-10H. The van der Waals surface area contributed by atoms with Crippen molar-refractivity contribution < 1.29 is 19.2 Å². The normalized spacial score (nSPS) is 14.0. The molecule has 0 saturated heterocycles. The van der Waals surface area contributed by atoms with E-state index in [9.17, 15) is 19.2 Å². The van der Waals surface area contributed by atoms with E-state index in [4.69, 9.17) is 0 Å². The van der Waals surface area contributed by atoms with E-state index in [1.54, 1.807) is 36.4 Å². The zero-order valence-electron chi connectivity index (χ0n) is 13.2. The molecular formula is C18H10N4O4. The second-order valence-corrected chi connectivity index (χ2v) is 4.89. The Morgan fingerprint density at radius 1 is 0.500 bits per heavy atom. The topological polar surface area (TPSA) is 118 Å². The molecule has 0 spiro atoms. The van der Waals surface area contributed by atoms with Crippen LogP contribution in [0.1, 0.15) is 11.1 Å². The Bertz CT molecular complexity index is 847. The highest BCUT2D eigenvalue weighted by molar-refractivity contribution is 5.52. The molecule has 0 atom stereocenters. The van der Waals surface area contributed by atoms with Gasteiger partial charge in [0.25, 0.3) is 0 Å². The van der Waals surface area contributed by atoms with Crippen molar-refractivity contribution in [3.05, 3.63) is 71.8 Å². The highest BCUT2D eigenvalue weighted by Crippen LogP contribution is 2.48. The minimum absolute atomic E-state index is 0.147. The lowest BCUT2D eigenvalue weighted by Crippen LogP contribution is -2.44. The fraction of sp³-hybridized carbons (Fsp3) is 0.111. The molecule has 2 aromatic rings. The summed E-state index contributed by atoms with van der Waals surface area (Å²) in [6, 6.07) is 15.5. The summed E-state index contributed by atoms with van der Waals surface area (Å²) in [6.45, 7) is 0. The van der Waals surface area contributed by atoms with Gasteiger partial charge in [0.2, 0.25) is 35.6 Å². The summed E-state index contributed by atoms with van der Waals surface area (Å²) in [5.41, 5.74) is -4.19. The predicted molar refractivity (Wildman–Crippen MR) is 88.7 cm³/mol. The molecule has 8 heteroatoms. The van der Waals surface area contributed by atoms with Gasteiger partial charge in [-0.2, -0.15) is 20.0 Å². The minimum atomic E-state index is -2.24. The Morgan fingerprint density at radius 2 is 0.769 bits per heavy atom. The quantitative estimate of drug-likeness (QED) is 0.563. The first kappa shape index (κ1) is 18.3. The molecule has 0 aliphatic rings. The van der Waals surface area contributed by atoms with Crippen LogP contribution in [0.4, 0.5) is 0 Å². The van der Waals surface area contributed by atoms with Gasteiger partial charge in [-0.05, 0) is 0 Å². The maximum Gasteiger partial charge on any atom is 0.250 e. The van der Waals surface area contributed by atoms with Crippen LogP contribution in [-0.2, 0) is 30.5 Å². The fourth-order valence-corrected chi connectivity index (χ4v) is 2.63. The van der Waals surface area contributed by atoms with Gasteiger partial charge in [0.15, 0.2) is 0 Å². The van der Waals surface area contributed by atoms with Crippen LogP contribution < -0.4 is 0 Å². The van der Waals surface area contributed by atoms with Gasteiger partial charge < -0.3 is 0 Å². The minimum Gasteiger partial charge on any atom is -0.211 e. The summed E-state index contributed by atoms with van der Waals surface area (Å²) in [5, 5.41) is 0. The maximum absolute atomic E-state index is 11.2. The number of benzene rings is 2. The Kier molecular flexibility index (Phi) is 5.75. The first-order valence-corrected chi connectivity index (χ1v) is 7.18. The van der Waals surface area contributed by atoms with Gasteiger partial charge in [-0.15, -0.1) is 0 Å². The molecule has 0 bridgehead atoms. The summed E-state index contributed by atoms with van der Waals surface area (Å²) >= 11 is 0. The molecule has 0 radical (unpaired) electrons. The molecule has 8 nitrogen and oxygen atoms in total. The maximum atomic E-state index is 11.2. The molecule has 0 saturated carbocycles. The van der Waals surface area contributed by atoms with Crippen LogP contribution in [0.5, 0.6) is 0 Å². The molecule has 2 aromatic carbocycles. The van der Waals surface area contributed by atoms with Gasteiger partial charge in [-0.25, -0.2) is 19.2 Å². The summed E-state index contributed by atoms with van der Waals surface area (Å²) < 4.78 is 0. The molecule has 2 rings (SSSR count). The van der Waals surface area contributed by atoms with Gasteiger partial charge in [0.05, 0.1) is 0 Å². The molecule has 0 fully saturated rings. The molecule has 0 N–H and O–H groups in total. The van der Waals surface area contributed by atoms with E-state index >= 15 is 0 Å². The fourth-order valence-electron chi connectivity index (χ4n) is 2.63. The lowest BCUT2D eigenvalue weighted by Gasteiger charge is -2.36. The number of hydrogen-bond acceptors (Lipinski definition) is 8. The van der Waals surface area contributed by atoms with E-state index < -0.39 is 11.3 Å². The average Bonchev–Trinajstić information content (AvgIpc) is 2.69. The van der Waals surface area contributed by atoms with Crippen LogP contribution in [0.3, 0.4) is 0 Å². The predicted octanol–water partition coefficient (Wildman–Crippen LogP) is 2.04. The highest BCUT2D eigenvalue weighted by atomic mass is 16.1. The van der Waals surface area contributed by atoms with Crippen molar-refractivity contribution in [1.29, 1.82) is 0 Å². The lowest BCUT2D eigenvalue weighted by atomic mass is 9.82. The Hall–Kier alpha value is -4.04. The number of isocyanates is 4. The van der Waals surface area contributed by atoms with Crippen LogP contribution in [0.2, 0.25) is 0 Å². The molecule has 0 unspecified atom stereocenters. The summed E-state index contributed by atoms with van der Waals surface area (Å²) in [5.74, 6) is 0. The van der Waals surface area contributed by atoms with Crippen molar-refractivity contribution in [2.45, 2.75) is 11.3 Å². The number of rotatable bonds is 7. The van der Waals surface area contributed by atoms with E-state index in [0.717, 1.165) is 0 Å². The third kappa shape index (κ3) is 2.99. The third-order valence-corrected chi connectivity index (χ3v) is 3.67. The SMILES string of the molecule is O=C=NC(N=C=O)(c1ccccc1)C(N=C=O)(N=C=O)c1ccccc1. The smallest absolute Gasteiger partial charge is 0.211 e. The van der Waals surface area contributed by atoms with Gasteiger partial charge in [-0.1, -0.05) is 60.7 Å². The van der Waals surface area contributed by atoms with Gasteiger partial charge in [0, 0.05) is 11.1 Å². The van der Waals surface area contributed by atoms with Gasteiger partial charge in [-0.3, -0.25) is 0 Å². The van der Waals surface area contributed by atoms with E-state index in [2.05, 4.69) is 20.0 Å². The highest BCUT2D eigenvalue weighted by Gasteiger charge is 2.57. The van der Waals surface area contributed by atoms with E-state index in [0.29, 0.717) is 0 Å². The molecule has 0 aliphatic heterocycles.